The Labute approximate surface area is 124 Å². The number of rotatable bonds is 5. The zero-order chi connectivity index (χ0) is 14.5. The van der Waals surface area contributed by atoms with Gasteiger partial charge in [-0.2, -0.15) is 0 Å². The van der Waals surface area contributed by atoms with Gasteiger partial charge in [0.15, 0.2) is 0 Å². The zero-order valence-electron chi connectivity index (χ0n) is 11.5. The summed E-state index contributed by atoms with van der Waals surface area (Å²) in [7, 11) is 1.50. The zero-order valence-corrected chi connectivity index (χ0v) is 12.2. The molecule has 1 aromatic carbocycles. The quantitative estimate of drug-likeness (QED) is 0.810. The lowest BCUT2D eigenvalue weighted by atomic mass is 10.1. The van der Waals surface area contributed by atoms with Crippen LogP contribution in [0.15, 0.2) is 12.1 Å². The molecule has 1 fully saturated rings. The number of hydrogen-bond donors (Lipinski definition) is 2. The van der Waals surface area contributed by atoms with Crippen LogP contribution in [0.4, 0.5) is 5.69 Å². The summed E-state index contributed by atoms with van der Waals surface area (Å²) in [6.45, 7) is 3.49. The summed E-state index contributed by atoms with van der Waals surface area (Å²) in [4.78, 5) is 14.4. The first-order valence-corrected chi connectivity index (χ1v) is 6.95. The highest BCUT2D eigenvalue weighted by Gasteiger charge is 2.16. The summed E-state index contributed by atoms with van der Waals surface area (Å²) in [5.74, 6) is 0.228. The molecule has 20 heavy (non-hydrogen) atoms. The standard InChI is InChI=1S/C14H19ClN3O2/c1-20-13-9-12(16)11(15)8-10(13)14(19)17-4-7-18-5-2-3-6-18/h2,8-9H,3-7,16H2,1H3,(H,17,19). The minimum atomic E-state index is -0.202. The molecule has 1 heterocycles. The number of nitrogens with one attached hydrogen (secondary N) is 1. The number of methoxy groups -OCH3 is 1. The minimum Gasteiger partial charge on any atom is -0.496 e. The Bertz CT molecular complexity index is 488. The van der Waals surface area contributed by atoms with E-state index in [9.17, 15) is 4.79 Å². The highest BCUT2D eigenvalue weighted by atomic mass is 35.5. The first-order chi connectivity index (χ1) is 9.61. The number of nitrogen functional groups attached to an aromatic ring is 1. The molecule has 5 nitrogen and oxygen atoms in total. The van der Waals surface area contributed by atoms with Gasteiger partial charge in [0.1, 0.15) is 5.75 Å². The van der Waals surface area contributed by atoms with E-state index in [4.69, 9.17) is 22.1 Å². The molecule has 0 aliphatic carbocycles. The summed E-state index contributed by atoms with van der Waals surface area (Å²) < 4.78 is 5.17. The third kappa shape index (κ3) is 3.55. The number of nitrogens with zero attached hydrogens (tertiary/aromatic N) is 1. The van der Waals surface area contributed by atoms with E-state index in [1.807, 2.05) is 0 Å². The van der Waals surface area contributed by atoms with Gasteiger partial charge in [0.25, 0.3) is 5.91 Å². The predicted octanol–water partition coefficient (Wildman–Crippen LogP) is 1.57. The molecule has 1 aromatic rings. The van der Waals surface area contributed by atoms with Crippen molar-refractivity contribution in [3.05, 3.63) is 29.1 Å². The fraction of sp³-hybridized carbons (Fsp3) is 0.429. The van der Waals surface area contributed by atoms with Gasteiger partial charge < -0.3 is 20.7 Å². The number of carbonyl (C=O) groups is 1. The van der Waals surface area contributed by atoms with Gasteiger partial charge in [0.05, 0.1) is 23.4 Å². The van der Waals surface area contributed by atoms with Gasteiger partial charge in [-0.05, 0) is 25.5 Å². The average molecular weight is 297 g/mol. The number of likely N-dealkylation sites (tertiary alicyclic amines) is 1. The molecule has 0 bridgehead atoms. The first-order valence-electron chi connectivity index (χ1n) is 6.57. The van der Waals surface area contributed by atoms with Crippen LogP contribution < -0.4 is 15.8 Å². The van der Waals surface area contributed by atoms with Crippen LogP contribution in [0, 0.1) is 6.42 Å². The Morgan fingerprint density at radius 1 is 1.55 bits per heavy atom. The van der Waals surface area contributed by atoms with Crippen LogP contribution in [0.1, 0.15) is 16.8 Å². The normalized spacial score (nSPS) is 15.3. The fourth-order valence-corrected chi connectivity index (χ4v) is 2.34. The molecule has 0 atom stereocenters. The minimum absolute atomic E-state index is 0.202. The van der Waals surface area contributed by atoms with Gasteiger partial charge >= 0.3 is 0 Å². The molecule has 0 spiro atoms. The van der Waals surface area contributed by atoms with E-state index in [2.05, 4.69) is 16.6 Å². The molecule has 0 saturated carbocycles. The molecule has 109 valence electrons. The van der Waals surface area contributed by atoms with Gasteiger partial charge in [-0.15, -0.1) is 0 Å². The molecule has 6 heteroatoms. The van der Waals surface area contributed by atoms with E-state index in [-0.39, 0.29) is 5.91 Å². The first kappa shape index (κ1) is 14.9. The predicted molar refractivity (Wildman–Crippen MR) is 80.1 cm³/mol. The highest BCUT2D eigenvalue weighted by molar-refractivity contribution is 6.33. The van der Waals surface area contributed by atoms with Crippen molar-refractivity contribution in [2.45, 2.75) is 6.42 Å². The molecule has 1 amide bonds. The van der Waals surface area contributed by atoms with Gasteiger partial charge in [0, 0.05) is 25.7 Å². The largest absolute Gasteiger partial charge is 0.496 e. The lowest BCUT2D eigenvalue weighted by molar-refractivity contribution is 0.0947. The summed E-state index contributed by atoms with van der Waals surface area (Å²) >= 11 is 5.95. The van der Waals surface area contributed by atoms with Gasteiger partial charge in [-0.1, -0.05) is 11.6 Å². The summed E-state index contributed by atoms with van der Waals surface area (Å²) in [6.07, 6.45) is 3.36. The average Bonchev–Trinajstić information content (AvgIpc) is 2.94. The van der Waals surface area contributed by atoms with Crippen molar-refractivity contribution in [1.82, 2.24) is 10.2 Å². The third-order valence-electron chi connectivity index (χ3n) is 3.31. The van der Waals surface area contributed by atoms with Crippen LogP contribution in [-0.2, 0) is 0 Å². The topological polar surface area (TPSA) is 67.6 Å². The van der Waals surface area contributed by atoms with Gasteiger partial charge in [-0.25, -0.2) is 0 Å². The van der Waals surface area contributed by atoms with Crippen molar-refractivity contribution in [1.29, 1.82) is 0 Å². The van der Waals surface area contributed by atoms with Crippen LogP contribution in [0.3, 0.4) is 0 Å². The number of carbonyl (C=O) groups excluding carboxylic acids is 1. The summed E-state index contributed by atoms with van der Waals surface area (Å²) in [6, 6.07) is 3.10. The molecule has 1 saturated heterocycles. The molecule has 3 N–H and O–H groups in total. The molecule has 1 radical (unpaired) electrons. The lowest BCUT2D eigenvalue weighted by Gasteiger charge is -2.15. The smallest absolute Gasteiger partial charge is 0.255 e. The maximum atomic E-state index is 12.1. The molecule has 1 aliphatic heterocycles. The molecule has 0 unspecified atom stereocenters. The van der Waals surface area contributed by atoms with E-state index in [1.165, 1.54) is 13.2 Å². The molecule has 0 aromatic heterocycles. The van der Waals surface area contributed by atoms with Crippen molar-refractivity contribution in [2.75, 3.05) is 39.0 Å². The van der Waals surface area contributed by atoms with Crippen LogP contribution in [-0.4, -0.2) is 44.1 Å². The Balaban J connectivity index is 1.95. The van der Waals surface area contributed by atoms with E-state index in [1.54, 1.807) is 6.07 Å². The van der Waals surface area contributed by atoms with E-state index in [0.29, 0.717) is 28.6 Å². The van der Waals surface area contributed by atoms with Crippen molar-refractivity contribution in [3.8, 4) is 5.75 Å². The number of nitrogens with two attached hydrogens (primary N) is 1. The van der Waals surface area contributed by atoms with Crippen LogP contribution in [0.2, 0.25) is 5.02 Å². The highest BCUT2D eigenvalue weighted by Crippen LogP contribution is 2.28. The number of hydrogen-bond acceptors (Lipinski definition) is 4. The number of benzene rings is 1. The van der Waals surface area contributed by atoms with Crippen LogP contribution in [0.25, 0.3) is 0 Å². The molecular weight excluding hydrogens is 278 g/mol. The van der Waals surface area contributed by atoms with Crippen molar-refractivity contribution < 1.29 is 9.53 Å². The summed E-state index contributed by atoms with van der Waals surface area (Å²) in [5.41, 5.74) is 6.49. The number of halogens is 1. The summed E-state index contributed by atoms with van der Waals surface area (Å²) in [5, 5.41) is 3.23. The Morgan fingerprint density at radius 3 is 3.00 bits per heavy atom. The van der Waals surface area contributed by atoms with E-state index in [0.717, 1.165) is 26.1 Å². The maximum absolute atomic E-state index is 12.1. The van der Waals surface area contributed by atoms with Crippen molar-refractivity contribution >= 4 is 23.2 Å². The van der Waals surface area contributed by atoms with Gasteiger partial charge in [0.2, 0.25) is 0 Å². The molecular formula is C14H19ClN3O2. The lowest BCUT2D eigenvalue weighted by Crippen LogP contribution is -2.33. The third-order valence-corrected chi connectivity index (χ3v) is 3.64. The molecule has 1 aliphatic rings. The second-order valence-corrected chi connectivity index (χ2v) is 5.12. The van der Waals surface area contributed by atoms with E-state index >= 15 is 0 Å². The van der Waals surface area contributed by atoms with Crippen LogP contribution in [0.5, 0.6) is 5.75 Å². The SMILES string of the molecule is COc1cc(N)c(Cl)cc1C(=O)NCCN1C[CH]CC1. The Kier molecular flexibility index (Phi) is 5.09. The van der Waals surface area contributed by atoms with E-state index < -0.39 is 0 Å². The maximum Gasteiger partial charge on any atom is 0.255 e. The van der Waals surface area contributed by atoms with Crippen molar-refractivity contribution in [3.63, 3.8) is 0 Å². The number of ether oxygens (including phenoxy) is 1. The second kappa shape index (κ2) is 6.81. The Hall–Kier alpha value is -1.46. The molecule has 2 rings (SSSR count). The second-order valence-electron chi connectivity index (χ2n) is 4.71. The fourth-order valence-electron chi connectivity index (χ4n) is 2.18. The number of amides is 1. The number of anilines is 1. The van der Waals surface area contributed by atoms with Crippen LogP contribution >= 0.6 is 11.6 Å². The van der Waals surface area contributed by atoms with Crippen molar-refractivity contribution in [2.24, 2.45) is 0 Å². The Morgan fingerprint density at radius 2 is 2.35 bits per heavy atom. The van der Waals surface area contributed by atoms with Gasteiger partial charge in [-0.3, -0.25) is 4.79 Å². The monoisotopic (exact) mass is 296 g/mol.